The van der Waals surface area contributed by atoms with Crippen LogP contribution in [0.4, 0.5) is 5.69 Å². The molecule has 0 unspecified atom stereocenters. The molecule has 166 valence electrons. The van der Waals surface area contributed by atoms with Crippen LogP contribution in [0.3, 0.4) is 0 Å². The molecule has 0 heterocycles. The first-order valence-electron chi connectivity index (χ1n) is 10.6. The van der Waals surface area contributed by atoms with Crippen LogP contribution >= 0.6 is 11.8 Å². The lowest BCUT2D eigenvalue weighted by atomic mass is 10.1. The fraction of sp³-hybridized carbons (Fsp3) is 0.107. The van der Waals surface area contributed by atoms with Crippen LogP contribution in [0.2, 0.25) is 0 Å². The van der Waals surface area contributed by atoms with Gasteiger partial charge in [0.2, 0.25) is 0 Å². The second-order valence-electron chi connectivity index (χ2n) is 7.45. The highest BCUT2D eigenvalue weighted by atomic mass is 32.2. The molecule has 0 aliphatic carbocycles. The average Bonchev–Trinajstić information content (AvgIpc) is 2.85. The molecular formula is C28H25NO3S. The number of hydrogen-bond acceptors (Lipinski definition) is 4. The van der Waals surface area contributed by atoms with Crippen molar-refractivity contribution in [2.45, 2.75) is 23.3 Å². The minimum absolute atomic E-state index is 0.184. The van der Waals surface area contributed by atoms with Gasteiger partial charge in [-0.05, 0) is 61.0 Å². The lowest BCUT2D eigenvalue weighted by molar-refractivity contribution is 0.102. The molecule has 0 saturated heterocycles. The number of nitrogens with one attached hydrogen (secondary N) is 1. The van der Waals surface area contributed by atoms with Crippen LogP contribution in [0, 0.1) is 6.92 Å². The third kappa shape index (κ3) is 5.76. The van der Waals surface area contributed by atoms with Crippen molar-refractivity contribution in [3.05, 3.63) is 114 Å². The second kappa shape index (κ2) is 10.7. The van der Waals surface area contributed by atoms with E-state index in [4.69, 9.17) is 9.47 Å². The van der Waals surface area contributed by atoms with Gasteiger partial charge in [0.25, 0.3) is 5.91 Å². The van der Waals surface area contributed by atoms with Gasteiger partial charge in [-0.15, -0.1) is 0 Å². The summed E-state index contributed by atoms with van der Waals surface area (Å²) >= 11 is 1.61. The van der Waals surface area contributed by atoms with Crippen molar-refractivity contribution in [1.82, 2.24) is 0 Å². The first kappa shape index (κ1) is 22.5. The first-order chi connectivity index (χ1) is 16.1. The third-order valence-electron chi connectivity index (χ3n) is 5.13. The monoisotopic (exact) mass is 455 g/mol. The number of aryl methyl sites for hydroxylation is 1. The van der Waals surface area contributed by atoms with E-state index in [1.165, 1.54) is 0 Å². The largest absolute Gasteiger partial charge is 0.496 e. The van der Waals surface area contributed by atoms with Crippen LogP contribution in [-0.4, -0.2) is 13.0 Å². The van der Waals surface area contributed by atoms with Gasteiger partial charge in [-0.25, -0.2) is 0 Å². The number of para-hydroxylation sites is 2. The Morgan fingerprint density at radius 1 is 0.848 bits per heavy atom. The molecule has 33 heavy (non-hydrogen) atoms. The molecule has 0 atom stereocenters. The zero-order valence-corrected chi connectivity index (χ0v) is 19.4. The second-order valence-corrected chi connectivity index (χ2v) is 8.56. The van der Waals surface area contributed by atoms with E-state index in [9.17, 15) is 4.79 Å². The Balaban J connectivity index is 1.52. The number of ether oxygens (including phenoxy) is 2. The smallest absolute Gasteiger partial charge is 0.255 e. The fourth-order valence-electron chi connectivity index (χ4n) is 3.38. The number of rotatable bonds is 8. The van der Waals surface area contributed by atoms with Gasteiger partial charge < -0.3 is 14.8 Å². The highest BCUT2D eigenvalue weighted by Gasteiger charge is 2.14. The molecule has 4 aromatic rings. The van der Waals surface area contributed by atoms with Gasteiger partial charge in [-0.3, -0.25) is 4.79 Å². The molecule has 0 radical (unpaired) electrons. The summed E-state index contributed by atoms with van der Waals surface area (Å²) in [6, 6.07) is 31.1. The summed E-state index contributed by atoms with van der Waals surface area (Å²) in [5, 5.41) is 3.05. The van der Waals surface area contributed by atoms with Crippen LogP contribution in [0.5, 0.6) is 11.5 Å². The molecule has 0 saturated carbocycles. The van der Waals surface area contributed by atoms with Crippen LogP contribution in [0.15, 0.2) is 107 Å². The molecule has 4 rings (SSSR count). The molecule has 1 N–H and O–H groups in total. The minimum Gasteiger partial charge on any atom is -0.496 e. The standard InChI is InChI=1S/C28H25NO3S/c1-20-10-6-8-14-25(20)32-19-22-18-21(16-17-26(22)31-2)28(30)29-24-13-7-9-15-27(24)33-23-11-4-3-5-12-23/h3-18H,19H2,1-2H3,(H,29,30). The number of carbonyl (C=O) groups excluding carboxylic acids is 1. The molecule has 0 aromatic heterocycles. The van der Waals surface area contributed by atoms with E-state index in [0.29, 0.717) is 17.9 Å². The van der Waals surface area contributed by atoms with Crippen molar-refractivity contribution >= 4 is 23.4 Å². The zero-order chi connectivity index (χ0) is 23.0. The Hall–Kier alpha value is -3.70. The van der Waals surface area contributed by atoms with Gasteiger partial charge in [-0.2, -0.15) is 0 Å². The Morgan fingerprint density at radius 3 is 2.36 bits per heavy atom. The summed E-state index contributed by atoms with van der Waals surface area (Å²) in [5.41, 5.74) is 3.17. The predicted octanol–water partition coefficient (Wildman–Crippen LogP) is 6.99. The molecule has 0 fully saturated rings. The molecule has 0 bridgehead atoms. The van der Waals surface area contributed by atoms with Crippen molar-refractivity contribution in [1.29, 1.82) is 0 Å². The van der Waals surface area contributed by atoms with E-state index >= 15 is 0 Å². The van der Waals surface area contributed by atoms with Crippen LogP contribution in [0.1, 0.15) is 21.5 Å². The molecule has 0 aliphatic heterocycles. The van der Waals surface area contributed by atoms with Crippen molar-refractivity contribution < 1.29 is 14.3 Å². The Labute approximate surface area is 198 Å². The summed E-state index contributed by atoms with van der Waals surface area (Å²) in [6.45, 7) is 2.30. The number of methoxy groups -OCH3 is 1. The molecular weight excluding hydrogens is 430 g/mol. The number of benzene rings is 4. The fourth-order valence-corrected chi connectivity index (χ4v) is 4.30. The normalized spacial score (nSPS) is 10.5. The van der Waals surface area contributed by atoms with Gasteiger partial charge in [0.15, 0.2) is 0 Å². The number of hydrogen-bond donors (Lipinski definition) is 1. The van der Waals surface area contributed by atoms with E-state index in [0.717, 1.165) is 32.4 Å². The summed E-state index contributed by atoms with van der Waals surface area (Å²) in [4.78, 5) is 15.2. The molecule has 1 amide bonds. The summed E-state index contributed by atoms with van der Waals surface area (Å²) in [7, 11) is 1.61. The van der Waals surface area contributed by atoms with Gasteiger partial charge in [0.05, 0.1) is 12.8 Å². The number of anilines is 1. The lowest BCUT2D eigenvalue weighted by Crippen LogP contribution is -2.13. The van der Waals surface area contributed by atoms with Crippen molar-refractivity contribution in [3.63, 3.8) is 0 Å². The van der Waals surface area contributed by atoms with Crippen LogP contribution < -0.4 is 14.8 Å². The first-order valence-corrected chi connectivity index (χ1v) is 11.4. The van der Waals surface area contributed by atoms with Crippen LogP contribution in [-0.2, 0) is 6.61 Å². The lowest BCUT2D eigenvalue weighted by Gasteiger charge is -2.14. The van der Waals surface area contributed by atoms with Crippen LogP contribution in [0.25, 0.3) is 0 Å². The SMILES string of the molecule is COc1ccc(C(=O)Nc2ccccc2Sc2ccccc2)cc1COc1ccccc1C. The van der Waals surface area contributed by atoms with E-state index in [1.807, 2.05) is 91.9 Å². The Kier molecular flexibility index (Phi) is 7.33. The van der Waals surface area contributed by atoms with Crippen molar-refractivity contribution in [3.8, 4) is 11.5 Å². The summed E-state index contributed by atoms with van der Waals surface area (Å²) in [5.74, 6) is 1.30. The van der Waals surface area contributed by atoms with Gasteiger partial charge in [-0.1, -0.05) is 60.3 Å². The highest BCUT2D eigenvalue weighted by Crippen LogP contribution is 2.33. The zero-order valence-electron chi connectivity index (χ0n) is 18.6. The Bertz CT molecular complexity index is 1240. The topological polar surface area (TPSA) is 47.6 Å². The number of carbonyl (C=O) groups is 1. The van der Waals surface area contributed by atoms with Crippen molar-refractivity contribution in [2.24, 2.45) is 0 Å². The summed E-state index contributed by atoms with van der Waals surface area (Å²) < 4.78 is 11.5. The maximum atomic E-state index is 13.1. The average molecular weight is 456 g/mol. The maximum absolute atomic E-state index is 13.1. The molecule has 0 spiro atoms. The van der Waals surface area contributed by atoms with E-state index in [-0.39, 0.29) is 5.91 Å². The van der Waals surface area contributed by atoms with E-state index in [2.05, 4.69) is 5.32 Å². The van der Waals surface area contributed by atoms with Crippen molar-refractivity contribution in [2.75, 3.05) is 12.4 Å². The Morgan fingerprint density at radius 2 is 1.58 bits per heavy atom. The van der Waals surface area contributed by atoms with Gasteiger partial charge in [0.1, 0.15) is 18.1 Å². The molecule has 5 heteroatoms. The van der Waals surface area contributed by atoms with Gasteiger partial charge in [0, 0.05) is 20.9 Å². The highest BCUT2D eigenvalue weighted by molar-refractivity contribution is 7.99. The minimum atomic E-state index is -0.184. The number of amides is 1. The van der Waals surface area contributed by atoms with E-state index in [1.54, 1.807) is 31.0 Å². The molecule has 4 nitrogen and oxygen atoms in total. The molecule has 0 aliphatic rings. The maximum Gasteiger partial charge on any atom is 0.255 e. The third-order valence-corrected chi connectivity index (χ3v) is 6.21. The molecule has 4 aromatic carbocycles. The quantitative estimate of drug-likeness (QED) is 0.311. The van der Waals surface area contributed by atoms with Gasteiger partial charge >= 0.3 is 0 Å². The predicted molar refractivity (Wildman–Crippen MR) is 133 cm³/mol. The summed E-state index contributed by atoms with van der Waals surface area (Å²) in [6.07, 6.45) is 0. The van der Waals surface area contributed by atoms with E-state index < -0.39 is 0 Å².